The highest BCUT2D eigenvalue weighted by atomic mass is 16.5. The lowest BCUT2D eigenvalue weighted by molar-refractivity contribution is -0.130. The van der Waals surface area contributed by atoms with Crippen LogP contribution in [-0.4, -0.2) is 106 Å². The van der Waals surface area contributed by atoms with E-state index in [2.05, 4.69) is 52.1 Å². The number of carbonyl (C=O) groups is 1. The van der Waals surface area contributed by atoms with Gasteiger partial charge in [-0.25, -0.2) is 0 Å². The Bertz CT molecular complexity index is 1010. The highest BCUT2D eigenvalue weighted by Crippen LogP contribution is 2.29. The standard InChI is InChI=1S/C31H46N4O3/c1-32-18-20-35(21-19-32)28-15-17-34(23-26-8-6-5-7-9-26)24-27(28)11-13-31(36)33(2)16-14-25-10-12-29(37-3)30(22-25)38-4/h5-10,12,22,27-28H,11,13-21,23-24H2,1-4H3/t27-,28+/m0/s1. The van der Waals surface area contributed by atoms with Crippen LogP contribution >= 0.6 is 0 Å². The molecule has 0 aliphatic carbocycles. The quantitative estimate of drug-likeness (QED) is 0.449. The number of carbonyl (C=O) groups excluding carboxylic acids is 1. The van der Waals surface area contributed by atoms with Gasteiger partial charge in [0.05, 0.1) is 14.2 Å². The minimum absolute atomic E-state index is 0.239. The monoisotopic (exact) mass is 522 g/mol. The summed E-state index contributed by atoms with van der Waals surface area (Å²) >= 11 is 0. The number of amides is 1. The highest BCUT2D eigenvalue weighted by molar-refractivity contribution is 5.75. The van der Waals surface area contributed by atoms with Crippen molar-refractivity contribution in [3.63, 3.8) is 0 Å². The Labute approximate surface area is 229 Å². The maximum atomic E-state index is 13.2. The summed E-state index contributed by atoms with van der Waals surface area (Å²) < 4.78 is 10.8. The molecular formula is C31H46N4O3. The average molecular weight is 523 g/mol. The molecule has 0 radical (unpaired) electrons. The van der Waals surface area contributed by atoms with E-state index in [0.29, 0.717) is 24.9 Å². The first-order valence-corrected chi connectivity index (χ1v) is 14.1. The Morgan fingerprint density at radius 1 is 0.947 bits per heavy atom. The summed E-state index contributed by atoms with van der Waals surface area (Å²) in [4.78, 5) is 22.8. The number of nitrogens with zero attached hydrogens (tertiary/aromatic N) is 4. The Kier molecular flexibility index (Phi) is 10.4. The van der Waals surface area contributed by atoms with Gasteiger partial charge in [-0.15, -0.1) is 0 Å². The molecule has 2 aliphatic heterocycles. The van der Waals surface area contributed by atoms with E-state index in [1.165, 1.54) is 12.0 Å². The predicted molar refractivity (Wildman–Crippen MR) is 153 cm³/mol. The summed E-state index contributed by atoms with van der Waals surface area (Å²) in [7, 11) is 7.45. The van der Waals surface area contributed by atoms with Crippen molar-refractivity contribution in [1.82, 2.24) is 19.6 Å². The third kappa shape index (κ3) is 7.71. The van der Waals surface area contributed by atoms with E-state index in [0.717, 1.165) is 75.7 Å². The van der Waals surface area contributed by atoms with Crippen molar-refractivity contribution >= 4 is 5.91 Å². The summed E-state index contributed by atoms with van der Waals surface area (Å²) in [6.07, 6.45) is 3.53. The molecule has 0 aromatic heterocycles. The van der Waals surface area contributed by atoms with E-state index in [1.807, 2.05) is 30.1 Å². The number of methoxy groups -OCH3 is 2. The zero-order valence-electron chi connectivity index (χ0n) is 23.8. The van der Waals surface area contributed by atoms with Crippen LogP contribution in [0.3, 0.4) is 0 Å². The van der Waals surface area contributed by atoms with Crippen molar-refractivity contribution in [2.75, 3.05) is 74.1 Å². The van der Waals surface area contributed by atoms with Gasteiger partial charge in [0.2, 0.25) is 5.91 Å². The maximum absolute atomic E-state index is 13.2. The van der Waals surface area contributed by atoms with Gasteiger partial charge >= 0.3 is 0 Å². The van der Waals surface area contributed by atoms with Gasteiger partial charge in [-0.05, 0) is 62.0 Å². The van der Waals surface area contributed by atoms with Gasteiger partial charge in [0.15, 0.2) is 11.5 Å². The molecular weight excluding hydrogens is 476 g/mol. The molecule has 2 aliphatic rings. The summed E-state index contributed by atoms with van der Waals surface area (Å²) in [5.74, 6) is 2.21. The molecule has 0 bridgehead atoms. The molecule has 208 valence electrons. The van der Waals surface area contributed by atoms with Gasteiger partial charge in [-0.2, -0.15) is 0 Å². The minimum atomic E-state index is 0.239. The second-order valence-electron chi connectivity index (χ2n) is 11.0. The highest BCUT2D eigenvalue weighted by Gasteiger charge is 2.34. The van der Waals surface area contributed by atoms with Crippen LogP contribution in [-0.2, 0) is 17.8 Å². The number of ether oxygens (including phenoxy) is 2. The number of likely N-dealkylation sites (tertiary alicyclic amines) is 1. The number of piperidine rings is 1. The second kappa shape index (κ2) is 14.0. The molecule has 0 unspecified atom stereocenters. The average Bonchev–Trinajstić information content (AvgIpc) is 2.95. The Balaban J connectivity index is 1.33. The van der Waals surface area contributed by atoms with E-state index in [4.69, 9.17) is 9.47 Å². The zero-order chi connectivity index (χ0) is 26.9. The number of piperazine rings is 1. The lowest BCUT2D eigenvalue weighted by Crippen LogP contribution is -2.56. The summed E-state index contributed by atoms with van der Waals surface area (Å²) in [5.41, 5.74) is 2.51. The van der Waals surface area contributed by atoms with E-state index >= 15 is 0 Å². The van der Waals surface area contributed by atoms with E-state index < -0.39 is 0 Å². The Morgan fingerprint density at radius 3 is 2.39 bits per heavy atom. The molecule has 2 fully saturated rings. The normalized spacial score (nSPS) is 21.3. The third-order valence-corrected chi connectivity index (χ3v) is 8.37. The predicted octanol–water partition coefficient (Wildman–Crippen LogP) is 3.62. The number of hydrogen-bond acceptors (Lipinski definition) is 6. The number of hydrogen-bond donors (Lipinski definition) is 0. The van der Waals surface area contributed by atoms with Crippen molar-refractivity contribution in [3.05, 3.63) is 59.7 Å². The summed E-state index contributed by atoms with van der Waals surface area (Å²) in [5, 5.41) is 0. The summed E-state index contributed by atoms with van der Waals surface area (Å²) in [6.45, 7) is 8.41. The molecule has 2 heterocycles. The number of rotatable bonds is 11. The fraction of sp³-hybridized carbons (Fsp3) is 0.581. The van der Waals surface area contributed by atoms with Crippen LogP contribution in [0.2, 0.25) is 0 Å². The molecule has 0 spiro atoms. The van der Waals surface area contributed by atoms with Crippen molar-refractivity contribution in [2.45, 2.75) is 38.3 Å². The van der Waals surface area contributed by atoms with Crippen LogP contribution in [0.4, 0.5) is 0 Å². The van der Waals surface area contributed by atoms with Crippen LogP contribution in [0.15, 0.2) is 48.5 Å². The largest absolute Gasteiger partial charge is 0.493 e. The molecule has 38 heavy (non-hydrogen) atoms. The first kappa shape index (κ1) is 28.4. The molecule has 2 aromatic rings. The van der Waals surface area contributed by atoms with Crippen molar-refractivity contribution in [3.8, 4) is 11.5 Å². The molecule has 1 amide bonds. The molecule has 2 atom stereocenters. The lowest BCUT2D eigenvalue weighted by Gasteiger charge is -2.46. The Morgan fingerprint density at radius 2 is 1.68 bits per heavy atom. The van der Waals surface area contributed by atoms with Crippen molar-refractivity contribution in [2.24, 2.45) is 5.92 Å². The molecule has 7 nitrogen and oxygen atoms in total. The number of likely N-dealkylation sites (N-methyl/N-ethyl adjacent to an activating group) is 2. The fourth-order valence-electron chi connectivity index (χ4n) is 5.96. The fourth-order valence-corrected chi connectivity index (χ4v) is 5.96. The molecule has 0 N–H and O–H groups in total. The van der Waals surface area contributed by atoms with E-state index in [-0.39, 0.29) is 5.91 Å². The SMILES string of the molecule is COc1ccc(CCN(C)C(=O)CC[C@H]2CN(Cc3ccccc3)CC[C@H]2N2CCN(C)CC2)cc1OC. The second-order valence-corrected chi connectivity index (χ2v) is 11.0. The minimum Gasteiger partial charge on any atom is -0.493 e. The van der Waals surface area contributed by atoms with Gasteiger partial charge in [0.1, 0.15) is 0 Å². The van der Waals surface area contributed by atoms with Crippen molar-refractivity contribution < 1.29 is 14.3 Å². The topological polar surface area (TPSA) is 48.5 Å². The molecule has 2 saturated heterocycles. The van der Waals surface area contributed by atoms with Crippen LogP contribution in [0.1, 0.15) is 30.4 Å². The molecule has 4 rings (SSSR count). The first-order valence-electron chi connectivity index (χ1n) is 14.1. The first-order chi connectivity index (χ1) is 18.5. The molecule has 2 aromatic carbocycles. The molecule has 7 heteroatoms. The van der Waals surface area contributed by atoms with E-state index in [9.17, 15) is 4.79 Å². The van der Waals surface area contributed by atoms with Gasteiger partial charge in [-0.1, -0.05) is 36.4 Å². The maximum Gasteiger partial charge on any atom is 0.222 e. The van der Waals surface area contributed by atoms with Crippen LogP contribution in [0.5, 0.6) is 11.5 Å². The van der Waals surface area contributed by atoms with Gasteiger partial charge in [0, 0.05) is 65.3 Å². The van der Waals surface area contributed by atoms with Gasteiger partial charge < -0.3 is 19.3 Å². The Hall–Kier alpha value is -2.61. The third-order valence-electron chi connectivity index (χ3n) is 8.37. The van der Waals surface area contributed by atoms with Crippen molar-refractivity contribution in [1.29, 1.82) is 0 Å². The van der Waals surface area contributed by atoms with Crippen LogP contribution < -0.4 is 9.47 Å². The van der Waals surface area contributed by atoms with E-state index in [1.54, 1.807) is 14.2 Å². The van der Waals surface area contributed by atoms with Crippen LogP contribution in [0, 0.1) is 5.92 Å². The summed E-state index contributed by atoms with van der Waals surface area (Å²) in [6, 6.07) is 17.3. The zero-order valence-corrected chi connectivity index (χ0v) is 23.8. The lowest BCUT2D eigenvalue weighted by atomic mass is 9.86. The smallest absolute Gasteiger partial charge is 0.222 e. The molecule has 0 saturated carbocycles. The van der Waals surface area contributed by atoms with Gasteiger partial charge in [0.25, 0.3) is 0 Å². The van der Waals surface area contributed by atoms with Crippen LogP contribution in [0.25, 0.3) is 0 Å². The number of benzene rings is 2. The van der Waals surface area contributed by atoms with Gasteiger partial charge in [-0.3, -0.25) is 14.6 Å².